The lowest BCUT2D eigenvalue weighted by atomic mass is 9.95. The molecule has 0 aromatic rings. The van der Waals surface area contributed by atoms with Gasteiger partial charge in [0.2, 0.25) is 0 Å². The molecule has 0 aromatic carbocycles. The number of nitrogens with one attached hydrogen (secondary N) is 1. The normalized spacial score (nSPS) is 26.0. The summed E-state index contributed by atoms with van der Waals surface area (Å²) in [6.07, 6.45) is 5.54. The van der Waals surface area contributed by atoms with Gasteiger partial charge in [0.05, 0.1) is 6.10 Å². The molecule has 0 bridgehead atoms. The number of aliphatic hydroxyl groups excluding tert-OH is 1. The Balaban J connectivity index is 0.000000816. The second kappa shape index (κ2) is 10.6. The van der Waals surface area contributed by atoms with E-state index in [0.717, 1.165) is 58.2 Å². The summed E-state index contributed by atoms with van der Waals surface area (Å²) in [5.41, 5.74) is -0.618. The number of ether oxygens (including phenoxy) is 1. The Hall–Kier alpha value is -1.18. The minimum absolute atomic E-state index is 0.0336. The lowest BCUT2D eigenvalue weighted by Gasteiger charge is -2.32. The highest BCUT2D eigenvalue weighted by molar-refractivity contribution is 5.84. The van der Waals surface area contributed by atoms with E-state index in [9.17, 15) is 9.90 Å². The standard InChI is InChI=1S/C15H28N2O3.CH2O2/c1-15(7-2-3-12-20-15)14(19)16-8-4-9-17-10-5-13(18)6-11-17;2-1-3/h13,18H,2-12H2,1H3,(H,16,19);1H,(H,2,3). The van der Waals surface area contributed by atoms with Crippen molar-refractivity contribution in [2.75, 3.05) is 32.8 Å². The predicted octanol–water partition coefficient (Wildman–Crippen LogP) is 0.609. The third-order valence-corrected chi connectivity index (χ3v) is 4.44. The SMILES string of the molecule is CC1(C(=O)NCCCN2CCC(O)CC2)CCCCO1.O=CO. The molecule has 2 saturated heterocycles. The summed E-state index contributed by atoms with van der Waals surface area (Å²) in [7, 11) is 0. The molecule has 2 aliphatic heterocycles. The fraction of sp³-hybridized carbons (Fsp3) is 0.875. The molecule has 0 radical (unpaired) electrons. The average molecular weight is 330 g/mol. The maximum Gasteiger partial charge on any atom is 0.290 e. The molecular weight excluding hydrogens is 300 g/mol. The van der Waals surface area contributed by atoms with Gasteiger partial charge in [-0.3, -0.25) is 9.59 Å². The Morgan fingerprint density at radius 3 is 2.61 bits per heavy atom. The van der Waals surface area contributed by atoms with Crippen molar-refractivity contribution in [2.24, 2.45) is 0 Å². The summed E-state index contributed by atoms with van der Waals surface area (Å²) in [6, 6.07) is 0. The zero-order valence-corrected chi connectivity index (χ0v) is 14.0. The van der Waals surface area contributed by atoms with Crippen LogP contribution < -0.4 is 5.32 Å². The number of nitrogens with zero attached hydrogens (tertiary/aromatic N) is 1. The molecule has 3 N–H and O–H groups in total. The Morgan fingerprint density at radius 2 is 2.04 bits per heavy atom. The van der Waals surface area contributed by atoms with Gasteiger partial charge in [0.25, 0.3) is 12.4 Å². The lowest BCUT2D eigenvalue weighted by Crippen LogP contribution is -2.49. The predicted molar refractivity (Wildman–Crippen MR) is 86.2 cm³/mol. The zero-order valence-electron chi connectivity index (χ0n) is 14.0. The summed E-state index contributed by atoms with van der Waals surface area (Å²) >= 11 is 0. The number of piperidine rings is 1. The Bertz CT molecular complexity index is 350. The quantitative estimate of drug-likeness (QED) is 0.504. The fourth-order valence-electron chi connectivity index (χ4n) is 2.95. The molecule has 0 aromatic heterocycles. The van der Waals surface area contributed by atoms with Crippen molar-refractivity contribution in [2.45, 2.75) is 57.2 Å². The molecule has 1 atom stereocenters. The van der Waals surface area contributed by atoms with E-state index in [2.05, 4.69) is 10.2 Å². The molecule has 134 valence electrons. The van der Waals surface area contributed by atoms with E-state index in [-0.39, 0.29) is 18.5 Å². The number of hydrogen-bond donors (Lipinski definition) is 3. The fourth-order valence-corrected chi connectivity index (χ4v) is 2.95. The van der Waals surface area contributed by atoms with Gasteiger partial charge < -0.3 is 25.2 Å². The monoisotopic (exact) mass is 330 g/mol. The van der Waals surface area contributed by atoms with Crippen molar-refractivity contribution < 1.29 is 24.5 Å². The Labute approximate surface area is 138 Å². The molecule has 2 heterocycles. The smallest absolute Gasteiger partial charge is 0.290 e. The van der Waals surface area contributed by atoms with Crippen LogP contribution in [-0.2, 0) is 14.3 Å². The number of carbonyl (C=O) groups excluding carboxylic acids is 1. The molecular formula is C16H30N2O5. The lowest BCUT2D eigenvalue weighted by molar-refractivity contribution is -0.150. The zero-order chi connectivity index (χ0) is 17.1. The molecule has 0 saturated carbocycles. The topological polar surface area (TPSA) is 99.1 Å². The summed E-state index contributed by atoms with van der Waals surface area (Å²) < 4.78 is 5.64. The van der Waals surface area contributed by atoms with E-state index in [1.807, 2.05) is 6.92 Å². The van der Waals surface area contributed by atoms with Crippen LogP contribution in [0.2, 0.25) is 0 Å². The summed E-state index contributed by atoms with van der Waals surface area (Å²) in [6.45, 7) is 5.97. The second-order valence-electron chi connectivity index (χ2n) is 6.32. The molecule has 7 nitrogen and oxygen atoms in total. The third-order valence-electron chi connectivity index (χ3n) is 4.44. The van der Waals surface area contributed by atoms with Gasteiger partial charge in [0.1, 0.15) is 5.60 Å². The van der Waals surface area contributed by atoms with Gasteiger partial charge >= 0.3 is 0 Å². The van der Waals surface area contributed by atoms with Crippen LogP contribution in [0.25, 0.3) is 0 Å². The molecule has 23 heavy (non-hydrogen) atoms. The number of aliphatic hydroxyl groups is 1. The first-order valence-corrected chi connectivity index (χ1v) is 8.42. The number of likely N-dealkylation sites (tertiary alicyclic amines) is 1. The first-order valence-electron chi connectivity index (χ1n) is 8.42. The molecule has 0 aliphatic carbocycles. The van der Waals surface area contributed by atoms with Crippen LogP contribution in [0.1, 0.15) is 45.4 Å². The van der Waals surface area contributed by atoms with E-state index >= 15 is 0 Å². The third kappa shape index (κ3) is 7.28. The minimum Gasteiger partial charge on any atom is -0.483 e. The summed E-state index contributed by atoms with van der Waals surface area (Å²) in [4.78, 5) is 22.9. The van der Waals surface area contributed by atoms with Crippen LogP contribution in [0.3, 0.4) is 0 Å². The molecule has 7 heteroatoms. The number of carbonyl (C=O) groups is 2. The Kier molecular flexibility index (Phi) is 9.13. The highest BCUT2D eigenvalue weighted by atomic mass is 16.5. The van der Waals surface area contributed by atoms with E-state index in [0.29, 0.717) is 13.2 Å². The number of amides is 1. The van der Waals surface area contributed by atoms with Gasteiger partial charge in [-0.15, -0.1) is 0 Å². The van der Waals surface area contributed by atoms with Gasteiger partial charge in [-0.2, -0.15) is 0 Å². The molecule has 1 amide bonds. The van der Waals surface area contributed by atoms with Crippen molar-refractivity contribution in [3.63, 3.8) is 0 Å². The number of carboxylic acid groups (broad SMARTS) is 1. The van der Waals surface area contributed by atoms with Crippen LogP contribution in [0.4, 0.5) is 0 Å². The van der Waals surface area contributed by atoms with Crippen LogP contribution in [0.5, 0.6) is 0 Å². The van der Waals surface area contributed by atoms with E-state index in [4.69, 9.17) is 14.6 Å². The van der Waals surface area contributed by atoms with Gasteiger partial charge in [-0.25, -0.2) is 0 Å². The summed E-state index contributed by atoms with van der Waals surface area (Å²) in [5, 5.41) is 19.3. The van der Waals surface area contributed by atoms with Gasteiger partial charge in [-0.1, -0.05) is 0 Å². The van der Waals surface area contributed by atoms with E-state index < -0.39 is 5.60 Å². The van der Waals surface area contributed by atoms with Crippen molar-refractivity contribution in [1.82, 2.24) is 10.2 Å². The van der Waals surface area contributed by atoms with Crippen molar-refractivity contribution in [1.29, 1.82) is 0 Å². The van der Waals surface area contributed by atoms with Crippen LogP contribution >= 0.6 is 0 Å². The highest BCUT2D eigenvalue weighted by Crippen LogP contribution is 2.24. The molecule has 1 unspecified atom stereocenters. The van der Waals surface area contributed by atoms with Crippen molar-refractivity contribution in [3.8, 4) is 0 Å². The molecule has 2 aliphatic rings. The second-order valence-corrected chi connectivity index (χ2v) is 6.32. The maximum absolute atomic E-state index is 12.1. The number of rotatable bonds is 5. The average Bonchev–Trinajstić information content (AvgIpc) is 2.54. The largest absolute Gasteiger partial charge is 0.483 e. The molecule has 0 spiro atoms. The van der Waals surface area contributed by atoms with Crippen LogP contribution in [0.15, 0.2) is 0 Å². The van der Waals surface area contributed by atoms with E-state index in [1.165, 1.54) is 0 Å². The van der Waals surface area contributed by atoms with Crippen molar-refractivity contribution in [3.05, 3.63) is 0 Å². The maximum atomic E-state index is 12.1. The van der Waals surface area contributed by atoms with Crippen LogP contribution in [0, 0.1) is 0 Å². The van der Waals surface area contributed by atoms with Crippen LogP contribution in [-0.4, -0.2) is 72.0 Å². The first-order chi connectivity index (χ1) is 11.0. The molecule has 2 rings (SSSR count). The van der Waals surface area contributed by atoms with Gasteiger partial charge in [0, 0.05) is 26.2 Å². The number of hydrogen-bond acceptors (Lipinski definition) is 5. The highest BCUT2D eigenvalue weighted by Gasteiger charge is 2.35. The Morgan fingerprint density at radius 1 is 1.39 bits per heavy atom. The van der Waals surface area contributed by atoms with Gasteiger partial charge in [0.15, 0.2) is 0 Å². The van der Waals surface area contributed by atoms with Crippen molar-refractivity contribution >= 4 is 12.4 Å². The molecule has 2 fully saturated rings. The first kappa shape index (κ1) is 19.9. The summed E-state index contributed by atoms with van der Waals surface area (Å²) in [5.74, 6) is 0.0336. The van der Waals surface area contributed by atoms with Gasteiger partial charge in [-0.05, 0) is 52.0 Å². The minimum atomic E-state index is -0.618. The van der Waals surface area contributed by atoms with E-state index in [1.54, 1.807) is 0 Å².